The highest BCUT2D eigenvalue weighted by molar-refractivity contribution is 5.94. The van der Waals surface area contributed by atoms with Crippen molar-refractivity contribution < 1.29 is 14.3 Å². The van der Waals surface area contributed by atoms with Crippen LogP contribution in [-0.2, 0) is 16.1 Å². The molecule has 1 unspecified atom stereocenters. The Labute approximate surface area is 153 Å². The minimum atomic E-state index is -0.211. The molecule has 1 spiro atoms. The summed E-state index contributed by atoms with van der Waals surface area (Å²) >= 11 is 0. The molecule has 0 aromatic heterocycles. The van der Waals surface area contributed by atoms with Gasteiger partial charge < -0.3 is 15.4 Å². The first-order chi connectivity index (χ1) is 12.6. The van der Waals surface area contributed by atoms with Gasteiger partial charge in [-0.3, -0.25) is 14.5 Å². The molecule has 3 aliphatic heterocycles. The van der Waals surface area contributed by atoms with E-state index in [2.05, 4.69) is 22.1 Å². The smallest absolute Gasteiger partial charge is 0.251 e. The quantitative estimate of drug-likeness (QED) is 0.749. The summed E-state index contributed by atoms with van der Waals surface area (Å²) in [5, 5.41) is 5.69. The topological polar surface area (TPSA) is 70.7 Å². The number of ether oxygens (including phenoxy) is 1. The number of morpholine rings is 1. The van der Waals surface area contributed by atoms with E-state index in [-0.39, 0.29) is 17.9 Å². The van der Waals surface area contributed by atoms with Gasteiger partial charge in [0.25, 0.3) is 5.91 Å². The molecule has 138 valence electrons. The first-order valence-corrected chi connectivity index (χ1v) is 9.22. The zero-order valence-electron chi connectivity index (χ0n) is 14.9. The van der Waals surface area contributed by atoms with E-state index in [0.29, 0.717) is 24.2 Å². The molecule has 5 rings (SSSR count). The van der Waals surface area contributed by atoms with Crippen LogP contribution in [0.3, 0.4) is 0 Å². The zero-order chi connectivity index (χ0) is 18.1. The number of benzene rings is 1. The maximum Gasteiger partial charge on any atom is 0.251 e. The third-order valence-corrected chi connectivity index (χ3v) is 5.86. The molecule has 6 nitrogen and oxygen atoms in total. The highest BCUT2D eigenvalue weighted by Crippen LogP contribution is 2.52. The van der Waals surface area contributed by atoms with Crippen molar-refractivity contribution in [1.82, 2.24) is 15.5 Å². The number of carbonyl (C=O) groups is 2. The summed E-state index contributed by atoms with van der Waals surface area (Å²) in [7, 11) is 0. The fraction of sp³-hybridized carbons (Fsp3) is 0.500. The van der Waals surface area contributed by atoms with Crippen molar-refractivity contribution in [2.45, 2.75) is 31.0 Å². The third-order valence-electron chi connectivity index (χ3n) is 5.86. The van der Waals surface area contributed by atoms with Gasteiger partial charge in [0.15, 0.2) is 0 Å². The Morgan fingerprint density at radius 3 is 2.73 bits per heavy atom. The maximum absolute atomic E-state index is 12.3. The van der Waals surface area contributed by atoms with Crippen LogP contribution in [-0.4, -0.2) is 54.6 Å². The van der Waals surface area contributed by atoms with E-state index < -0.39 is 0 Å². The summed E-state index contributed by atoms with van der Waals surface area (Å²) in [6.07, 6.45) is 3.87. The standard InChI is InChI=1S/C20H25N3O3/c1-2-18(24)21-9-14-3-5-16(6-4-14)19(25)22-10-17-12-23-11-15-7-20(23,8-15)13-26-17/h2-6,15,17H,1,7-13H2,(H,21,24)(H,22,25). The second-order valence-electron chi connectivity index (χ2n) is 7.67. The van der Waals surface area contributed by atoms with Gasteiger partial charge in [0, 0.05) is 37.3 Å². The molecule has 2 amide bonds. The molecule has 6 heteroatoms. The van der Waals surface area contributed by atoms with Crippen LogP contribution < -0.4 is 10.6 Å². The predicted octanol–water partition coefficient (Wildman–Crippen LogP) is 1.08. The lowest BCUT2D eigenvalue weighted by Gasteiger charge is -2.47. The van der Waals surface area contributed by atoms with Crippen LogP contribution in [0.15, 0.2) is 36.9 Å². The van der Waals surface area contributed by atoms with Crippen molar-refractivity contribution in [3.63, 3.8) is 0 Å². The second kappa shape index (κ2) is 6.85. The summed E-state index contributed by atoms with van der Waals surface area (Å²) in [6, 6.07) is 7.24. The van der Waals surface area contributed by atoms with Gasteiger partial charge in [0.2, 0.25) is 5.91 Å². The molecule has 1 aliphatic carbocycles. The Bertz CT molecular complexity index is 710. The molecule has 4 aliphatic rings. The SMILES string of the molecule is C=CC(=O)NCc1ccc(C(=O)NCC2CN3CC4CC3(CO2)C4)cc1. The molecule has 4 fully saturated rings. The van der Waals surface area contributed by atoms with E-state index in [0.717, 1.165) is 24.6 Å². The molecule has 3 saturated heterocycles. The minimum absolute atomic E-state index is 0.0670. The van der Waals surface area contributed by atoms with Gasteiger partial charge >= 0.3 is 0 Å². The van der Waals surface area contributed by atoms with Crippen LogP contribution >= 0.6 is 0 Å². The molecular formula is C20H25N3O3. The van der Waals surface area contributed by atoms with Gasteiger partial charge in [-0.2, -0.15) is 0 Å². The maximum atomic E-state index is 12.3. The Hall–Kier alpha value is -2.18. The number of rotatable bonds is 6. The van der Waals surface area contributed by atoms with Crippen LogP contribution in [0.2, 0.25) is 0 Å². The highest BCUT2D eigenvalue weighted by atomic mass is 16.5. The van der Waals surface area contributed by atoms with Crippen molar-refractivity contribution in [2.24, 2.45) is 5.92 Å². The van der Waals surface area contributed by atoms with Gasteiger partial charge in [0.1, 0.15) is 0 Å². The van der Waals surface area contributed by atoms with E-state index in [1.54, 1.807) is 12.1 Å². The molecule has 2 bridgehead atoms. The lowest BCUT2D eigenvalue weighted by Crippen LogP contribution is -2.58. The Morgan fingerprint density at radius 2 is 2.00 bits per heavy atom. The molecule has 26 heavy (non-hydrogen) atoms. The van der Waals surface area contributed by atoms with Crippen LogP contribution in [0, 0.1) is 5.92 Å². The molecule has 1 saturated carbocycles. The van der Waals surface area contributed by atoms with E-state index in [4.69, 9.17) is 4.74 Å². The molecule has 0 radical (unpaired) electrons. The lowest BCUT2D eigenvalue weighted by molar-refractivity contribution is -0.116. The lowest BCUT2D eigenvalue weighted by atomic mass is 9.73. The highest BCUT2D eigenvalue weighted by Gasteiger charge is 2.58. The van der Waals surface area contributed by atoms with Gasteiger partial charge in [-0.1, -0.05) is 18.7 Å². The first kappa shape index (κ1) is 17.2. The zero-order valence-corrected chi connectivity index (χ0v) is 14.9. The monoisotopic (exact) mass is 355 g/mol. The molecule has 1 atom stereocenters. The van der Waals surface area contributed by atoms with Crippen LogP contribution in [0.25, 0.3) is 0 Å². The van der Waals surface area contributed by atoms with Gasteiger partial charge in [-0.25, -0.2) is 0 Å². The van der Waals surface area contributed by atoms with Gasteiger partial charge in [-0.05, 0) is 42.5 Å². The summed E-state index contributed by atoms with van der Waals surface area (Å²) < 4.78 is 6.00. The number of amides is 2. The van der Waals surface area contributed by atoms with Crippen molar-refractivity contribution in [3.05, 3.63) is 48.0 Å². The molecule has 1 aromatic rings. The van der Waals surface area contributed by atoms with E-state index in [1.807, 2.05) is 12.1 Å². The van der Waals surface area contributed by atoms with E-state index in [9.17, 15) is 9.59 Å². The van der Waals surface area contributed by atoms with Crippen LogP contribution in [0.4, 0.5) is 0 Å². The predicted molar refractivity (Wildman–Crippen MR) is 97.6 cm³/mol. The number of nitrogens with one attached hydrogen (secondary N) is 2. The fourth-order valence-electron chi connectivity index (χ4n) is 4.42. The average molecular weight is 355 g/mol. The third kappa shape index (κ3) is 3.27. The van der Waals surface area contributed by atoms with Gasteiger partial charge in [-0.15, -0.1) is 0 Å². The largest absolute Gasteiger partial charge is 0.373 e. The number of nitrogens with zero attached hydrogens (tertiary/aromatic N) is 1. The second-order valence-corrected chi connectivity index (χ2v) is 7.67. The van der Waals surface area contributed by atoms with Crippen molar-refractivity contribution in [3.8, 4) is 0 Å². The molecule has 3 heterocycles. The fourth-order valence-corrected chi connectivity index (χ4v) is 4.42. The Balaban J connectivity index is 1.24. The van der Waals surface area contributed by atoms with E-state index in [1.165, 1.54) is 25.5 Å². The Morgan fingerprint density at radius 1 is 1.23 bits per heavy atom. The minimum Gasteiger partial charge on any atom is -0.373 e. The number of carbonyl (C=O) groups excluding carboxylic acids is 2. The Kier molecular flexibility index (Phi) is 4.54. The molecule has 2 N–H and O–H groups in total. The first-order valence-electron chi connectivity index (χ1n) is 9.22. The average Bonchev–Trinajstić information content (AvgIpc) is 3.19. The molecule has 1 aromatic carbocycles. The summed E-state index contributed by atoms with van der Waals surface area (Å²) in [4.78, 5) is 26.1. The number of hydrogen-bond donors (Lipinski definition) is 2. The number of hydrogen-bond acceptors (Lipinski definition) is 4. The van der Waals surface area contributed by atoms with Crippen LogP contribution in [0.5, 0.6) is 0 Å². The van der Waals surface area contributed by atoms with Crippen molar-refractivity contribution in [2.75, 3.05) is 26.2 Å². The normalized spacial score (nSPS) is 29.4. The van der Waals surface area contributed by atoms with Crippen LogP contribution in [0.1, 0.15) is 28.8 Å². The summed E-state index contributed by atoms with van der Waals surface area (Å²) in [6.45, 7) is 7.28. The summed E-state index contributed by atoms with van der Waals surface area (Å²) in [5.41, 5.74) is 1.87. The van der Waals surface area contributed by atoms with E-state index >= 15 is 0 Å². The molecular weight excluding hydrogens is 330 g/mol. The summed E-state index contributed by atoms with van der Waals surface area (Å²) in [5.74, 6) is 0.555. The van der Waals surface area contributed by atoms with Crippen molar-refractivity contribution in [1.29, 1.82) is 0 Å². The van der Waals surface area contributed by atoms with Gasteiger partial charge in [0.05, 0.1) is 12.7 Å². The van der Waals surface area contributed by atoms with Crippen molar-refractivity contribution >= 4 is 11.8 Å².